The second kappa shape index (κ2) is 7.02. The third kappa shape index (κ3) is 4.71. The molecule has 2 rings (SSSR count). The quantitative estimate of drug-likeness (QED) is 0.851. The van der Waals surface area contributed by atoms with Crippen molar-refractivity contribution in [1.29, 1.82) is 0 Å². The van der Waals surface area contributed by atoms with Crippen LogP contribution in [0.15, 0.2) is 12.3 Å². The van der Waals surface area contributed by atoms with Gasteiger partial charge in [0.2, 0.25) is 0 Å². The minimum Gasteiger partial charge on any atom is -0.495 e. The average molecular weight is 322 g/mol. The Morgan fingerprint density at radius 2 is 2.00 bits per heavy atom. The minimum atomic E-state index is -0.457. The van der Waals surface area contributed by atoms with Gasteiger partial charge in [0.15, 0.2) is 5.82 Å². The number of carbonyl (C=O) groups is 1. The zero-order valence-corrected chi connectivity index (χ0v) is 14.6. The Balaban J connectivity index is 1.92. The molecule has 0 aromatic carbocycles. The number of carbonyl (C=O) groups excluding carboxylic acids is 1. The molecule has 1 aliphatic heterocycles. The number of aromatic nitrogens is 2. The summed E-state index contributed by atoms with van der Waals surface area (Å²) >= 11 is 0. The number of ether oxygens (including phenoxy) is 2. The topological polar surface area (TPSA) is 67.8 Å². The summed E-state index contributed by atoms with van der Waals surface area (Å²) in [6.45, 7) is 7.01. The van der Waals surface area contributed by atoms with Gasteiger partial charge in [0.25, 0.3) is 0 Å². The molecule has 1 saturated heterocycles. The van der Waals surface area contributed by atoms with Crippen molar-refractivity contribution in [3.63, 3.8) is 0 Å². The lowest BCUT2D eigenvalue weighted by molar-refractivity contribution is 0.0205. The maximum absolute atomic E-state index is 12.1. The van der Waals surface area contributed by atoms with Crippen LogP contribution in [0.25, 0.3) is 0 Å². The van der Waals surface area contributed by atoms with Crippen molar-refractivity contribution in [2.75, 3.05) is 32.1 Å². The van der Waals surface area contributed by atoms with Gasteiger partial charge in [0.05, 0.1) is 13.3 Å². The second-order valence-corrected chi connectivity index (χ2v) is 6.76. The van der Waals surface area contributed by atoms with E-state index in [1.54, 1.807) is 18.2 Å². The summed E-state index contributed by atoms with van der Waals surface area (Å²) in [5.74, 6) is 1.47. The highest BCUT2D eigenvalue weighted by Gasteiger charge is 2.29. The minimum absolute atomic E-state index is 0.236. The van der Waals surface area contributed by atoms with Gasteiger partial charge in [-0.2, -0.15) is 5.10 Å². The van der Waals surface area contributed by atoms with Gasteiger partial charge in [-0.05, 0) is 33.6 Å². The lowest BCUT2D eigenvalue weighted by Crippen LogP contribution is -2.47. The normalized spacial score (nSPS) is 16.1. The summed E-state index contributed by atoms with van der Waals surface area (Å²) in [5.41, 5.74) is -0.457. The maximum atomic E-state index is 12.1. The van der Waals surface area contributed by atoms with Crippen LogP contribution in [0, 0.1) is 0 Å². The molecule has 7 heteroatoms. The third-order valence-corrected chi connectivity index (χ3v) is 3.88. The number of anilines is 1. The van der Waals surface area contributed by atoms with Crippen LogP contribution in [-0.2, 0) is 4.74 Å². The molecule has 1 aromatic rings. The Morgan fingerprint density at radius 3 is 2.57 bits per heavy atom. The Morgan fingerprint density at radius 1 is 1.35 bits per heavy atom. The molecule has 0 radical (unpaired) electrons. The molecule has 0 atom stereocenters. The van der Waals surface area contributed by atoms with Crippen LogP contribution in [0.5, 0.6) is 5.75 Å². The van der Waals surface area contributed by atoms with Gasteiger partial charge in [-0.1, -0.05) is 0 Å². The van der Waals surface area contributed by atoms with Crippen molar-refractivity contribution < 1.29 is 14.3 Å². The molecule has 1 aromatic heterocycles. The number of hydrogen-bond acceptors (Lipinski definition) is 6. The van der Waals surface area contributed by atoms with Crippen molar-refractivity contribution in [2.24, 2.45) is 0 Å². The fourth-order valence-electron chi connectivity index (χ4n) is 2.57. The van der Waals surface area contributed by atoms with E-state index >= 15 is 0 Å². The van der Waals surface area contributed by atoms with E-state index in [4.69, 9.17) is 9.47 Å². The van der Waals surface area contributed by atoms with Crippen molar-refractivity contribution >= 4 is 11.9 Å². The molecule has 0 aliphatic carbocycles. The molecule has 23 heavy (non-hydrogen) atoms. The summed E-state index contributed by atoms with van der Waals surface area (Å²) in [6.07, 6.45) is 3.09. The number of methoxy groups -OCH3 is 1. The fraction of sp³-hybridized carbons (Fsp3) is 0.688. The summed E-state index contributed by atoms with van der Waals surface area (Å²) in [7, 11) is 3.61. The summed E-state index contributed by atoms with van der Waals surface area (Å²) in [5, 5.41) is 8.11. The van der Waals surface area contributed by atoms with Gasteiger partial charge in [-0.15, -0.1) is 5.10 Å². The predicted octanol–water partition coefficient (Wildman–Crippen LogP) is 2.32. The highest BCUT2D eigenvalue weighted by Crippen LogP contribution is 2.23. The highest BCUT2D eigenvalue weighted by atomic mass is 16.6. The van der Waals surface area contributed by atoms with E-state index < -0.39 is 5.60 Å². The molecule has 1 fully saturated rings. The van der Waals surface area contributed by atoms with E-state index in [0.29, 0.717) is 24.9 Å². The Kier molecular flexibility index (Phi) is 5.28. The molecular weight excluding hydrogens is 296 g/mol. The molecule has 0 spiro atoms. The van der Waals surface area contributed by atoms with E-state index in [1.165, 1.54) is 0 Å². The lowest BCUT2D eigenvalue weighted by atomic mass is 10.0. The zero-order valence-electron chi connectivity index (χ0n) is 14.6. The van der Waals surface area contributed by atoms with E-state index in [9.17, 15) is 4.79 Å². The molecule has 0 unspecified atom stereocenters. The number of hydrogen-bond donors (Lipinski definition) is 0. The average Bonchev–Trinajstić information content (AvgIpc) is 2.53. The van der Waals surface area contributed by atoms with Crippen molar-refractivity contribution in [2.45, 2.75) is 45.3 Å². The smallest absolute Gasteiger partial charge is 0.410 e. The number of amides is 1. The molecule has 1 aliphatic rings. The van der Waals surface area contributed by atoms with Crippen LogP contribution in [0.3, 0.4) is 0 Å². The van der Waals surface area contributed by atoms with Crippen LogP contribution < -0.4 is 9.64 Å². The lowest BCUT2D eigenvalue weighted by Gasteiger charge is -2.37. The van der Waals surface area contributed by atoms with Gasteiger partial charge in [0.1, 0.15) is 11.4 Å². The predicted molar refractivity (Wildman–Crippen MR) is 87.8 cm³/mol. The molecule has 1 amide bonds. The summed E-state index contributed by atoms with van der Waals surface area (Å²) in [4.78, 5) is 16.0. The first-order valence-corrected chi connectivity index (χ1v) is 7.87. The zero-order chi connectivity index (χ0) is 17.0. The van der Waals surface area contributed by atoms with E-state index in [-0.39, 0.29) is 6.09 Å². The first-order chi connectivity index (χ1) is 10.8. The molecule has 2 heterocycles. The third-order valence-electron chi connectivity index (χ3n) is 3.88. The fourth-order valence-corrected chi connectivity index (χ4v) is 2.57. The molecule has 128 valence electrons. The second-order valence-electron chi connectivity index (χ2n) is 6.76. The summed E-state index contributed by atoms with van der Waals surface area (Å²) < 4.78 is 10.6. The Bertz CT molecular complexity index is 536. The number of rotatable bonds is 3. The molecule has 7 nitrogen and oxygen atoms in total. The van der Waals surface area contributed by atoms with Crippen LogP contribution in [0.4, 0.5) is 10.6 Å². The highest BCUT2D eigenvalue weighted by molar-refractivity contribution is 5.68. The van der Waals surface area contributed by atoms with Gasteiger partial charge < -0.3 is 19.3 Å². The molecular formula is C16H26N4O3. The first kappa shape index (κ1) is 17.3. The number of nitrogens with zero attached hydrogens (tertiary/aromatic N) is 4. The van der Waals surface area contributed by atoms with Crippen molar-refractivity contribution in [1.82, 2.24) is 15.1 Å². The number of piperidine rings is 1. The largest absolute Gasteiger partial charge is 0.495 e. The van der Waals surface area contributed by atoms with E-state index in [1.807, 2.05) is 33.9 Å². The SMILES string of the molecule is COc1cnnc(N(C)C2CCN(C(=O)OC(C)(C)C)CC2)c1. The van der Waals surface area contributed by atoms with Gasteiger partial charge in [0, 0.05) is 32.2 Å². The van der Waals surface area contributed by atoms with Gasteiger partial charge >= 0.3 is 6.09 Å². The van der Waals surface area contributed by atoms with Crippen LogP contribution in [0.2, 0.25) is 0 Å². The Labute approximate surface area is 137 Å². The molecule has 0 bridgehead atoms. The molecule has 0 saturated carbocycles. The van der Waals surface area contributed by atoms with Gasteiger partial charge in [-0.3, -0.25) is 0 Å². The standard InChI is InChI=1S/C16H26N4O3/c1-16(2,3)23-15(21)20-8-6-12(7-9-20)19(4)14-10-13(22-5)11-17-18-14/h10-12H,6-9H2,1-5H3. The Hall–Kier alpha value is -2.05. The summed E-state index contributed by atoms with van der Waals surface area (Å²) in [6, 6.07) is 2.18. The van der Waals surface area contributed by atoms with E-state index in [0.717, 1.165) is 18.7 Å². The van der Waals surface area contributed by atoms with Gasteiger partial charge in [-0.25, -0.2) is 4.79 Å². The van der Waals surface area contributed by atoms with Crippen molar-refractivity contribution in [3.8, 4) is 5.75 Å². The van der Waals surface area contributed by atoms with Crippen LogP contribution in [0.1, 0.15) is 33.6 Å². The number of likely N-dealkylation sites (tertiary alicyclic amines) is 1. The monoisotopic (exact) mass is 322 g/mol. The van der Waals surface area contributed by atoms with Crippen LogP contribution >= 0.6 is 0 Å². The molecule has 0 N–H and O–H groups in total. The maximum Gasteiger partial charge on any atom is 0.410 e. The van der Waals surface area contributed by atoms with E-state index in [2.05, 4.69) is 15.1 Å². The van der Waals surface area contributed by atoms with Crippen LogP contribution in [-0.4, -0.2) is 60.1 Å². The van der Waals surface area contributed by atoms with Crippen molar-refractivity contribution in [3.05, 3.63) is 12.3 Å². The first-order valence-electron chi connectivity index (χ1n) is 7.87.